The van der Waals surface area contributed by atoms with Gasteiger partial charge in [0.15, 0.2) is 0 Å². The molecule has 118 valence electrons. The molecule has 0 spiro atoms. The third-order valence-electron chi connectivity index (χ3n) is 3.59. The Morgan fingerprint density at radius 2 is 1.95 bits per heavy atom. The van der Waals surface area contributed by atoms with Crippen molar-refractivity contribution in [2.75, 3.05) is 11.4 Å². The van der Waals surface area contributed by atoms with E-state index in [0.29, 0.717) is 12.2 Å². The monoisotopic (exact) mass is 304 g/mol. The number of hydrogen-bond donors (Lipinski definition) is 2. The molecule has 6 nitrogen and oxygen atoms in total. The van der Waals surface area contributed by atoms with E-state index in [1.54, 1.807) is 26.0 Å². The summed E-state index contributed by atoms with van der Waals surface area (Å²) in [5, 5.41) is 12.0. The second kappa shape index (κ2) is 5.44. The molecule has 6 heteroatoms. The van der Waals surface area contributed by atoms with Crippen molar-refractivity contribution < 1.29 is 19.5 Å². The van der Waals surface area contributed by atoms with Gasteiger partial charge < -0.3 is 15.3 Å². The average molecular weight is 304 g/mol. The Morgan fingerprint density at radius 1 is 1.32 bits per heavy atom. The summed E-state index contributed by atoms with van der Waals surface area (Å²) in [6.45, 7) is 7.68. The summed E-state index contributed by atoms with van der Waals surface area (Å²) in [6.07, 6.45) is 0. The lowest BCUT2D eigenvalue weighted by molar-refractivity contribution is -0.132. The van der Waals surface area contributed by atoms with Gasteiger partial charge in [0, 0.05) is 12.6 Å². The predicted molar refractivity (Wildman–Crippen MR) is 82.1 cm³/mol. The molecule has 22 heavy (non-hydrogen) atoms. The van der Waals surface area contributed by atoms with Gasteiger partial charge in [-0.05, 0) is 39.8 Å². The van der Waals surface area contributed by atoms with E-state index in [2.05, 4.69) is 5.32 Å². The summed E-state index contributed by atoms with van der Waals surface area (Å²) >= 11 is 0. The van der Waals surface area contributed by atoms with E-state index in [1.165, 1.54) is 11.0 Å². The van der Waals surface area contributed by atoms with E-state index in [1.807, 2.05) is 13.8 Å². The Labute approximate surface area is 129 Å². The fourth-order valence-electron chi connectivity index (χ4n) is 2.52. The number of carbonyl (C=O) groups excluding carboxylic acids is 2. The number of nitrogens with one attached hydrogen (secondary N) is 1. The van der Waals surface area contributed by atoms with E-state index in [9.17, 15) is 19.5 Å². The number of anilines is 1. The molecule has 1 aromatic rings. The first kappa shape index (κ1) is 16.0. The molecule has 2 rings (SSSR count). The number of aromatic carboxylic acids is 1. The van der Waals surface area contributed by atoms with Crippen molar-refractivity contribution in [3.8, 4) is 0 Å². The molecule has 0 atom stereocenters. The smallest absolute Gasteiger partial charge is 0.336 e. The molecule has 2 amide bonds. The average Bonchev–Trinajstić information content (AvgIpc) is 2.42. The molecule has 0 aliphatic carbocycles. The quantitative estimate of drug-likeness (QED) is 0.832. The molecule has 1 saturated heterocycles. The van der Waals surface area contributed by atoms with Crippen LogP contribution in [0.4, 0.5) is 5.69 Å². The van der Waals surface area contributed by atoms with Crippen molar-refractivity contribution in [3.05, 3.63) is 29.3 Å². The number of benzene rings is 1. The first-order chi connectivity index (χ1) is 10.1. The van der Waals surface area contributed by atoms with Crippen LogP contribution < -0.4 is 10.2 Å². The van der Waals surface area contributed by atoms with Crippen LogP contribution in [0.15, 0.2) is 18.2 Å². The third-order valence-corrected chi connectivity index (χ3v) is 3.59. The fourth-order valence-corrected chi connectivity index (χ4v) is 2.52. The highest BCUT2D eigenvalue weighted by Gasteiger charge is 2.46. The first-order valence-electron chi connectivity index (χ1n) is 7.14. The number of amides is 2. The summed E-state index contributed by atoms with van der Waals surface area (Å²) in [5.74, 6) is -1.79. The van der Waals surface area contributed by atoms with Gasteiger partial charge in [-0.15, -0.1) is 0 Å². The second-order valence-corrected chi connectivity index (χ2v) is 6.41. The Balaban J connectivity index is 2.51. The zero-order valence-corrected chi connectivity index (χ0v) is 13.1. The molecule has 0 saturated carbocycles. The van der Waals surface area contributed by atoms with Crippen LogP contribution in [0, 0.1) is 5.41 Å². The summed E-state index contributed by atoms with van der Waals surface area (Å²) in [6, 6.07) is 4.39. The topological polar surface area (TPSA) is 86.7 Å². The van der Waals surface area contributed by atoms with Crippen molar-refractivity contribution in [1.29, 1.82) is 0 Å². The Hall–Kier alpha value is -2.37. The van der Waals surface area contributed by atoms with Crippen molar-refractivity contribution in [1.82, 2.24) is 5.32 Å². The lowest BCUT2D eigenvalue weighted by Gasteiger charge is -2.45. The summed E-state index contributed by atoms with van der Waals surface area (Å²) in [4.78, 5) is 37.5. The number of β-lactam (4-membered cyclic amide) rings is 1. The Kier molecular flexibility index (Phi) is 3.96. The van der Waals surface area contributed by atoms with Crippen LogP contribution in [-0.2, 0) is 4.79 Å². The third kappa shape index (κ3) is 2.68. The molecule has 0 unspecified atom stereocenters. The molecule has 0 aromatic heterocycles. The second-order valence-electron chi connectivity index (χ2n) is 6.41. The summed E-state index contributed by atoms with van der Waals surface area (Å²) in [5.41, 5.74) is -0.200. The number of hydrogen-bond acceptors (Lipinski definition) is 3. The van der Waals surface area contributed by atoms with Gasteiger partial charge >= 0.3 is 5.97 Å². The molecule has 1 fully saturated rings. The number of rotatable bonds is 4. The predicted octanol–water partition coefficient (Wildman–Crippen LogP) is 1.90. The van der Waals surface area contributed by atoms with E-state index in [0.717, 1.165) is 0 Å². The summed E-state index contributed by atoms with van der Waals surface area (Å²) in [7, 11) is 0. The first-order valence-corrected chi connectivity index (χ1v) is 7.14. The van der Waals surface area contributed by atoms with E-state index < -0.39 is 17.3 Å². The van der Waals surface area contributed by atoms with Crippen LogP contribution >= 0.6 is 0 Å². The molecule has 2 N–H and O–H groups in total. The maximum absolute atomic E-state index is 12.4. The minimum Gasteiger partial charge on any atom is -0.478 e. The number of nitrogens with zero attached hydrogens (tertiary/aromatic N) is 1. The lowest BCUT2D eigenvalue weighted by Crippen LogP contribution is -2.59. The minimum absolute atomic E-state index is 0.0348. The largest absolute Gasteiger partial charge is 0.478 e. The van der Waals surface area contributed by atoms with Crippen LogP contribution in [-0.4, -0.2) is 35.5 Å². The fraction of sp³-hybridized carbons (Fsp3) is 0.438. The Morgan fingerprint density at radius 3 is 2.41 bits per heavy atom. The van der Waals surface area contributed by atoms with Crippen molar-refractivity contribution in [2.24, 2.45) is 5.41 Å². The van der Waals surface area contributed by atoms with Crippen LogP contribution in [0.5, 0.6) is 0 Å². The summed E-state index contributed by atoms with van der Waals surface area (Å²) < 4.78 is 0. The number of carboxylic acids is 1. The highest BCUT2D eigenvalue weighted by atomic mass is 16.4. The van der Waals surface area contributed by atoms with Gasteiger partial charge in [0.1, 0.15) is 0 Å². The lowest BCUT2D eigenvalue weighted by atomic mass is 9.82. The Bertz CT molecular complexity index is 650. The van der Waals surface area contributed by atoms with Gasteiger partial charge in [-0.3, -0.25) is 9.59 Å². The standard InChI is InChI=1S/C16H20N2O4/c1-9(2)17-13(19)12-10(14(20)21)6-5-7-11(12)18-8-16(3,4)15(18)22/h5-7,9H,8H2,1-4H3,(H,17,19)(H,20,21). The van der Waals surface area contributed by atoms with E-state index in [4.69, 9.17) is 0 Å². The molecule has 1 aliphatic heterocycles. The molecular formula is C16H20N2O4. The van der Waals surface area contributed by atoms with Gasteiger partial charge in [-0.25, -0.2) is 4.79 Å². The molecule has 1 aliphatic rings. The van der Waals surface area contributed by atoms with E-state index in [-0.39, 0.29) is 23.1 Å². The van der Waals surface area contributed by atoms with Gasteiger partial charge in [-0.1, -0.05) is 6.07 Å². The van der Waals surface area contributed by atoms with Gasteiger partial charge in [0.25, 0.3) is 5.91 Å². The zero-order chi connectivity index (χ0) is 16.7. The SMILES string of the molecule is CC(C)NC(=O)c1c(C(=O)O)cccc1N1CC(C)(C)C1=O. The maximum Gasteiger partial charge on any atom is 0.336 e. The number of carboxylic acid groups (broad SMARTS) is 1. The van der Waals surface area contributed by atoms with Crippen LogP contribution in [0.25, 0.3) is 0 Å². The minimum atomic E-state index is -1.19. The van der Waals surface area contributed by atoms with E-state index >= 15 is 0 Å². The van der Waals surface area contributed by atoms with Gasteiger partial charge in [-0.2, -0.15) is 0 Å². The van der Waals surface area contributed by atoms with Crippen LogP contribution in [0.2, 0.25) is 0 Å². The van der Waals surface area contributed by atoms with Crippen molar-refractivity contribution in [2.45, 2.75) is 33.7 Å². The molecule has 1 heterocycles. The van der Waals surface area contributed by atoms with Crippen molar-refractivity contribution >= 4 is 23.5 Å². The van der Waals surface area contributed by atoms with Gasteiger partial charge in [0.05, 0.1) is 22.2 Å². The number of carbonyl (C=O) groups is 3. The van der Waals surface area contributed by atoms with Crippen LogP contribution in [0.1, 0.15) is 48.4 Å². The molecule has 0 radical (unpaired) electrons. The highest BCUT2D eigenvalue weighted by Crippen LogP contribution is 2.37. The molecular weight excluding hydrogens is 284 g/mol. The van der Waals surface area contributed by atoms with Crippen LogP contribution in [0.3, 0.4) is 0 Å². The molecule has 1 aromatic carbocycles. The highest BCUT2D eigenvalue weighted by molar-refractivity contribution is 6.14. The maximum atomic E-state index is 12.4. The van der Waals surface area contributed by atoms with Gasteiger partial charge in [0.2, 0.25) is 5.91 Å². The molecule has 0 bridgehead atoms. The normalized spacial score (nSPS) is 16.4. The van der Waals surface area contributed by atoms with Crippen molar-refractivity contribution in [3.63, 3.8) is 0 Å². The zero-order valence-electron chi connectivity index (χ0n) is 13.1.